The fraction of sp³-hybridized carbons (Fsp3) is 0.250. The molecule has 0 aromatic heterocycles. The van der Waals surface area contributed by atoms with E-state index in [1.165, 1.54) is 19.1 Å². The summed E-state index contributed by atoms with van der Waals surface area (Å²) >= 11 is 12.1. The number of nitrogens with one attached hydrogen (secondary N) is 1. The van der Waals surface area contributed by atoms with E-state index in [9.17, 15) is 24.6 Å². The molecule has 2 amide bonds. The number of rotatable bonds is 3. The number of anilines is 1. The molecule has 0 spiro atoms. The minimum Gasteiger partial charge on any atom is -0.506 e. The molecule has 0 radical (unpaired) electrons. The number of para-hydroxylation sites is 1. The van der Waals surface area contributed by atoms with Gasteiger partial charge in [-0.05, 0) is 31.2 Å². The van der Waals surface area contributed by atoms with Crippen LogP contribution in [0.1, 0.15) is 18.5 Å². The van der Waals surface area contributed by atoms with Crippen molar-refractivity contribution in [3.63, 3.8) is 0 Å². The molecule has 7 nitrogen and oxygen atoms in total. The lowest BCUT2D eigenvalue weighted by Gasteiger charge is -2.27. The van der Waals surface area contributed by atoms with Crippen molar-refractivity contribution in [2.24, 2.45) is 11.8 Å². The topological polar surface area (TPSA) is 107 Å². The lowest BCUT2D eigenvalue weighted by Crippen LogP contribution is -2.53. The Morgan fingerprint density at radius 3 is 2.41 bits per heavy atom. The molecule has 0 unspecified atom stereocenters. The van der Waals surface area contributed by atoms with E-state index in [4.69, 9.17) is 23.2 Å². The number of aliphatic carboxylic acids is 1. The molecule has 2 aromatic carbocycles. The molecule has 29 heavy (non-hydrogen) atoms. The first-order valence-electron chi connectivity index (χ1n) is 8.78. The first-order valence-corrected chi connectivity index (χ1v) is 9.54. The molecule has 4 rings (SSSR count). The monoisotopic (exact) mass is 434 g/mol. The van der Waals surface area contributed by atoms with Gasteiger partial charge in [-0.3, -0.25) is 19.7 Å². The molecule has 2 fully saturated rings. The normalized spacial score (nSPS) is 28.7. The molecule has 2 aliphatic heterocycles. The minimum absolute atomic E-state index is 0.0357. The maximum absolute atomic E-state index is 13.3. The fourth-order valence-corrected chi connectivity index (χ4v) is 4.77. The van der Waals surface area contributed by atoms with E-state index in [-0.39, 0.29) is 21.4 Å². The maximum atomic E-state index is 13.3. The van der Waals surface area contributed by atoms with E-state index in [2.05, 4.69) is 5.32 Å². The van der Waals surface area contributed by atoms with E-state index >= 15 is 0 Å². The van der Waals surface area contributed by atoms with Crippen LogP contribution in [-0.2, 0) is 14.4 Å². The van der Waals surface area contributed by atoms with Gasteiger partial charge in [0.25, 0.3) is 0 Å². The number of nitrogens with zero attached hydrogens (tertiary/aromatic N) is 1. The van der Waals surface area contributed by atoms with E-state index in [0.29, 0.717) is 5.69 Å². The summed E-state index contributed by atoms with van der Waals surface area (Å²) in [5.41, 5.74) is -1.21. The summed E-state index contributed by atoms with van der Waals surface area (Å²) in [4.78, 5) is 39.6. The minimum atomic E-state index is -1.73. The molecule has 0 saturated carbocycles. The van der Waals surface area contributed by atoms with Gasteiger partial charge >= 0.3 is 5.97 Å². The molecule has 2 aromatic rings. The highest BCUT2D eigenvalue weighted by molar-refractivity contribution is 6.35. The van der Waals surface area contributed by atoms with Crippen LogP contribution in [0.25, 0.3) is 0 Å². The third kappa shape index (κ3) is 2.80. The highest BCUT2D eigenvalue weighted by atomic mass is 35.5. The molecule has 4 atom stereocenters. The molecular weight excluding hydrogens is 419 g/mol. The quantitative estimate of drug-likeness (QED) is 0.640. The zero-order valence-electron chi connectivity index (χ0n) is 15.1. The SMILES string of the molecule is C[C@]1(C(=O)O)N[C@H](c2cc(Cl)cc(Cl)c2O)[C@@H]2C(=O)N(c3ccccc3)C(=O)[C@@H]21. The number of carbonyl (C=O) groups excluding carboxylic acids is 2. The molecular formula is C20H16Cl2N2O5. The van der Waals surface area contributed by atoms with E-state index < -0.39 is 41.2 Å². The van der Waals surface area contributed by atoms with E-state index in [1.54, 1.807) is 30.3 Å². The van der Waals surface area contributed by atoms with Gasteiger partial charge in [-0.1, -0.05) is 41.4 Å². The van der Waals surface area contributed by atoms with Crippen molar-refractivity contribution < 1.29 is 24.6 Å². The lowest BCUT2D eigenvalue weighted by molar-refractivity contribution is -0.147. The molecule has 2 aliphatic rings. The fourth-order valence-electron chi connectivity index (χ4n) is 4.26. The number of hydrogen-bond donors (Lipinski definition) is 3. The van der Waals surface area contributed by atoms with Gasteiger partial charge in [-0.25, -0.2) is 4.90 Å². The maximum Gasteiger partial charge on any atom is 0.324 e. The van der Waals surface area contributed by atoms with Gasteiger partial charge in [0.1, 0.15) is 11.3 Å². The zero-order chi connectivity index (χ0) is 21.1. The number of halogens is 2. The Bertz CT molecular complexity index is 1040. The van der Waals surface area contributed by atoms with Gasteiger partial charge < -0.3 is 10.2 Å². The summed E-state index contributed by atoms with van der Waals surface area (Å²) < 4.78 is 0. The molecule has 2 saturated heterocycles. The standard InChI is InChI=1S/C20H16Cl2N2O5/c1-20(19(28)29)14-13(15(23-20)11-7-9(21)8-12(22)16(11)25)17(26)24(18(14)27)10-5-3-2-4-6-10/h2-8,13-15,23,25H,1H3,(H,28,29)/t13-,14-,15-,20+/m1/s1. The molecule has 3 N–H and O–H groups in total. The Morgan fingerprint density at radius 2 is 1.79 bits per heavy atom. The highest BCUT2D eigenvalue weighted by Gasteiger charge is 2.67. The largest absolute Gasteiger partial charge is 0.506 e. The second-order valence-electron chi connectivity index (χ2n) is 7.31. The zero-order valence-corrected chi connectivity index (χ0v) is 16.6. The van der Waals surface area contributed by atoms with Crippen LogP contribution >= 0.6 is 23.2 Å². The smallest absolute Gasteiger partial charge is 0.324 e. The number of phenols is 1. The van der Waals surface area contributed by atoms with Gasteiger partial charge in [0.05, 0.1) is 22.5 Å². The average molecular weight is 435 g/mol. The second-order valence-corrected chi connectivity index (χ2v) is 8.15. The number of hydrogen-bond acceptors (Lipinski definition) is 5. The van der Waals surface area contributed by atoms with Crippen molar-refractivity contribution in [2.45, 2.75) is 18.5 Å². The highest BCUT2D eigenvalue weighted by Crippen LogP contribution is 2.52. The van der Waals surface area contributed by atoms with Crippen LogP contribution in [-0.4, -0.2) is 33.5 Å². The van der Waals surface area contributed by atoms with Crippen LogP contribution in [0, 0.1) is 11.8 Å². The van der Waals surface area contributed by atoms with Crippen molar-refractivity contribution in [2.75, 3.05) is 4.90 Å². The van der Waals surface area contributed by atoms with Crippen LogP contribution in [0.4, 0.5) is 5.69 Å². The van der Waals surface area contributed by atoms with Gasteiger partial charge in [0.2, 0.25) is 11.8 Å². The third-order valence-corrected chi connectivity index (χ3v) is 6.15. The summed E-state index contributed by atoms with van der Waals surface area (Å²) in [5.74, 6) is -4.99. The Hall–Kier alpha value is -2.61. The van der Waals surface area contributed by atoms with Crippen molar-refractivity contribution in [3.05, 3.63) is 58.1 Å². The number of aromatic hydroxyl groups is 1. The van der Waals surface area contributed by atoms with Crippen LogP contribution in [0.5, 0.6) is 5.75 Å². The lowest BCUT2D eigenvalue weighted by atomic mass is 9.80. The average Bonchev–Trinajstić information content (AvgIpc) is 3.13. The van der Waals surface area contributed by atoms with Crippen molar-refractivity contribution in [3.8, 4) is 5.75 Å². The van der Waals surface area contributed by atoms with Gasteiger partial charge in [-0.15, -0.1) is 0 Å². The Labute approximate surface area is 175 Å². The summed E-state index contributed by atoms with van der Waals surface area (Å²) in [7, 11) is 0. The first-order chi connectivity index (χ1) is 13.7. The summed E-state index contributed by atoms with van der Waals surface area (Å²) in [6.07, 6.45) is 0. The van der Waals surface area contributed by atoms with Crippen LogP contribution in [0.15, 0.2) is 42.5 Å². The molecule has 150 valence electrons. The molecule has 9 heteroatoms. The number of fused-ring (bicyclic) bond motifs is 1. The number of amides is 2. The Balaban J connectivity index is 1.88. The third-order valence-electron chi connectivity index (χ3n) is 5.64. The predicted octanol–water partition coefficient (Wildman–Crippen LogP) is 2.99. The number of carboxylic acids is 1. The van der Waals surface area contributed by atoms with Crippen molar-refractivity contribution in [1.29, 1.82) is 0 Å². The molecule has 0 aliphatic carbocycles. The number of phenolic OH excluding ortho intramolecular Hbond substituents is 1. The number of carbonyl (C=O) groups is 3. The van der Waals surface area contributed by atoms with E-state index in [0.717, 1.165) is 4.90 Å². The summed E-state index contributed by atoms with van der Waals surface area (Å²) in [6.45, 7) is 1.36. The van der Waals surface area contributed by atoms with Gasteiger partial charge in [0, 0.05) is 16.6 Å². The number of benzene rings is 2. The Kier molecular flexibility index (Phi) is 4.57. The second kappa shape index (κ2) is 6.73. The summed E-state index contributed by atoms with van der Waals surface area (Å²) in [5, 5.41) is 23.4. The Morgan fingerprint density at radius 1 is 1.14 bits per heavy atom. The molecule has 2 heterocycles. The first kappa shape index (κ1) is 19.7. The van der Waals surface area contributed by atoms with Crippen LogP contribution < -0.4 is 10.2 Å². The van der Waals surface area contributed by atoms with E-state index in [1.807, 2.05) is 0 Å². The predicted molar refractivity (Wildman–Crippen MR) is 106 cm³/mol. The van der Waals surface area contributed by atoms with Gasteiger partial charge in [-0.2, -0.15) is 0 Å². The van der Waals surface area contributed by atoms with Crippen molar-refractivity contribution in [1.82, 2.24) is 5.32 Å². The summed E-state index contributed by atoms with van der Waals surface area (Å²) in [6, 6.07) is 10.1. The molecule has 0 bridgehead atoms. The van der Waals surface area contributed by atoms with Crippen LogP contribution in [0.3, 0.4) is 0 Å². The number of imide groups is 1. The van der Waals surface area contributed by atoms with Gasteiger partial charge in [0.15, 0.2) is 0 Å². The van der Waals surface area contributed by atoms with Crippen molar-refractivity contribution >= 4 is 46.7 Å². The van der Waals surface area contributed by atoms with Crippen LogP contribution in [0.2, 0.25) is 10.0 Å². The number of carboxylic acid groups (broad SMARTS) is 1.